The van der Waals surface area contributed by atoms with Crippen LogP contribution in [0.15, 0.2) is 62.9 Å². The average molecular weight is 435 g/mol. The van der Waals surface area contributed by atoms with Crippen LogP contribution in [0.25, 0.3) is 22.4 Å². The standard InChI is InChI=1S/C24H26N4O2S/c1-15(2)13-14-28-23(29)19-7-5-6-8-20(19)25-24(28)31-17(4)21-26-27-22(30-21)18-11-9-16(3)10-12-18/h5-12,15,17H,13-14H2,1-4H3. The molecule has 0 aliphatic carbocycles. The van der Waals surface area contributed by atoms with Crippen LogP contribution in [0, 0.1) is 12.8 Å². The molecule has 0 bridgehead atoms. The van der Waals surface area contributed by atoms with Crippen LogP contribution in [0.5, 0.6) is 0 Å². The molecule has 0 saturated heterocycles. The Morgan fingerprint density at radius 3 is 2.52 bits per heavy atom. The number of aromatic nitrogens is 4. The molecule has 0 radical (unpaired) electrons. The minimum Gasteiger partial charge on any atom is -0.419 e. The monoisotopic (exact) mass is 434 g/mol. The first-order valence-corrected chi connectivity index (χ1v) is 11.4. The predicted octanol–water partition coefficient (Wildman–Crippen LogP) is 5.65. The van der Waals surface area contributed by atoms with Gasteiger partial charge in [-0.1, -0.05) is 55.4 Å². The number of nitrogens with zero attached hydrogens (tertiary/aromatic N) is 4. The molecule has 0 saturated carbocycles. The summed E-state index contributed by atoms with van der Waals surface area (Å²) in [5, 5.41) is 9.62. The summed E-state index contributed by atoms with van der Waals surface area (Å²) in [7, 11) is 0. The van der Waals surface area contributed by atoms with Crippen LogP contribution < -0.4 is 5.56 Å². The van der Waals surface area contributed by atoms with E-state index in [1.807, 2.05) is 62.4 Å². The molecule has 0 spiro atoms. The number of para-hydroxylation sites is 1. The fraction of sp³-hybridized carbons (Fsp3) is 0.333. The van der Waals surface area contributed by atoms with Crippen molar-refractivity contribution in [3.05, 3.63) is 70.3 Å². The molecule has 2 aromatic heterocycles. The Labute approximate surface area is 185 Å². The van der Waals surface area contributed by atoms with Crippen molar-refractivity contribution in [3.63, 3.8) is 0 Å². The molecule has 4 rings (SSSR count). The first-order chi connectivity index (χ1) is 14.9. The molecule has 31 heavy (non-hydrogen) atoms. The molecule has 1 unspecified atom stereocenters. The summed E-state index contributed by atoms with van der Waals surface area (Å²) in [5.74, 6) is 1.49. The molecule has 0 aliphatic heterocycles. The maximum atomic E-state index is 13.2. The predicted molar refractivity (Wildman–Crippen MR) is 124 cm³/mol. The summed E-state index contributed by atoms with van der Waals surface area (Å²) < 4.78 is 7.72. The van der Waals surface area contributed by atoms with Crippen molar-refractivity contribution < 1.29 is 4.42 Å². The van der Waals surface area contributed by atoms with Crippen molar-refractivity contribution >= 4 is 22.7 Å². The Morgan fingerprint density at radius 1 is 1.03 bits per heavy atom. The molecule has 2 aromatic carbocycles. The van der Waals surface area contributed by atoms with Gasteiger partial charge in [-0.25, -0.2) is 4.98 Å². The maximum absolute atomic E-state index is 13.2. The first kappa shape index (κ1) is 21.3. The largest absolute Gasteiger partial charge is 0.419 e. The second-order valence-electron chi connectivity index (χ2n) is 8.12. The van der Waals surface area contributed by atoms with Gasteiger partial charge in [-0.15, -0.1) is 10.2 Å². The molecule has 4 aromatic rings. The molecule has 160 valence electrons. The van der Waals surface area contributed by atoms with Gasteiger partial charge in [-0.05, 0) is 50.5 Å². The summed E-state index contributed by atoms with van der Waals surface area (Å²) in [6.45, 7) is 8.96. The lowest BCUT2D eigenvalue weighted by atomic mass is 10.1. The van der Waals surface area contributed by atoms with E-state index < -0.39 is 0 Å². The van der Waals surface area contributed by atoms with Gasteiger partial charge in [-0.2, -0.15) is 0 Å². The average Bonchev–Trinajstić information content (AvgIpc) is 3.24. The zero-order valence-electron chi connectivity index (χ0n) is 18.2. The summed E-state index contributed by atoms with van der Waals surface area (Å²) in [6, 6.07) is 15.5. The normalized spacial score (nSPS) is 12.5. The Bertz CT molecular complexity index is 1240. The van der Waals surface area contributed by atoms with Crippen LogP contribution in [0.2, 0.25) is 0 Å². The van der Waals surface area contributed by atoms with E-state index in [1.54, 1.807) is 4.57 Å². The van der Waals surface area contributed by atoms with E-state index in [0.29, 0.717) is 40.3 Å². The third-order valence-electron chi connectivity index (χ3n) is 5.13. The van der Waals surface area contributed by atoms with E-state index in [1.165, 1.54) is 17.3 Å². The summed E-state index contributed by atoms with van der Waals surface area (Å²) >= 11 is 1.47. The Balaban J connectivity index is 1.65. The van der Waals surface area contributed by atoms with Crippen molar-refractivity contribution in [2.45, 2.75) is 51.1 Å². The molecule has 0 aliphatic rings. The van der Waals surface area contributed by atoms with E-state index in [-0.39, 0.29) is 10.8 Å². The number of fused-ring (bicyclic) bond motifs is 1. The van der Waals surface area contributed by atoms with E-state index in [9.17, 15) is 4.79 Å². The maximum Gasteiger partial charge on any atom is 0.262 e. The second kappa shape index (κ2) is 9.06. The first-order valence-electron chi connectivity index (χ1n) is 10.5. The lowest BCUT2D eigenvalue weighted by Crippen LogP contribution is -2.24. The Hall–Kier alpha value is -2.93. The van der Waals surface area contributed by atoms with Gasteiger partial charge < -0.3 is 4.42 Å². The van der Waals surface area contributed by atoms with E-state index in [4.69, 9.17) is 9.40 Å². The van der Waals surface area contributed by atoms with Crippen molar-refractivity contribution in [2.24, 2.45) is 5.92 Å². The SMILES string of the molecule is Cc1ccc(-c2nnc(C(C)Sc3nc4ccccc4c(=O)n3CCC(C)C)o2)cc1. The van der Waals surface area contributed by atoms with Gasteiger partial charge in [0.25, 0.3) is 5.56 Å². The molecule has 0 fully saturated rings. The molecular weight excluding hydrogens is 408 g/mol. The third-order valence-corrected chi connectivity index (χ3v) is 6.20. The topological polar surface area (TPSA) is 73.8 Å². The van der Waals surface area contributed by atoms with Gasteiger partial charge in [0, 0.05) is 12.1 Å². The van der Waals surface area contributed by atoms with Gasteiger partial charge in [0.2, 0.25) is 11.8 Å². The molecular formula is C24H26N4O2S. The van der Waals surface area contributed by atoms with Gasteiger partial charge in [-0.3, -0.25) is 9.36 Å². The number of hydrogen-bond acceptors (Lipinski definition) is 6. The Morgan fingerprint density at radius 2 is 1.77 bits per heavy atom. The zero-order valence-corrected chi connectivity index (χ0v) is 19.0. The number of aryl methyl sites for hydroxylation is 1. The van der Waals surface area contributed by atoms with Gasteiger partial charge in [0.1, 0.15) is 0 Å². The smallest absolute Gasteiger partial charge is 0.262 e. The quantitative estimate of drug-likeness (QED) is 0.276. The van der Waals surface area contributed by atoms with Crippen LogP contribution >= 0.6 is 11.8 Å². The third kappa shape index (κ3) is 4.71. The van der Waals surface area contributed by atoms with Gasteiger partial charge in [0.05, 0.1) is 16.2 Å². The number of benzene rings is 2. The molecule has 0 amide bonds. The Kier molecular flexibility index (Phi) is 6.23. The molecule has 6 nitrogen and oxygen atoms in total. The highest BCUT2D eigenvalue weighted by molar-refractivity contribution is 7.99. The van der Waals surface area contributed by atoms with E-state index in [0.717, 1.165) is 12.0 Å². The van der Waals surface area contributed by atoms with Crippen LogP contribution in [-0.4, -0.2) is 19.7 Å². The molecule has 7 heteroatoms. The molecule has 1 atom stereocenters. The fourth-order valence-corrected chi connectivity index (χ4v) is 4.21. The number of hydrogen-bond donors (Lipinski definition) is 0. The van der Waals surface area contributed by atoms with Gasteiger partial charge in [0.15, 0.2) is 5.16 Å². The van der Waals surface area contributed by atoms with Crippen molar-refractivity contribution in [3.8, 4) is 11.5 Å². The minimum absolute atomic E-state index is 0.00757. The van der Waals surface area contributed by atoms with Crippen molar-refractivity contribution in [2.75, 3.05) is 0 Å². The lowest BCUT2D eigenvalue weighted by molar-refractivity contribution is 0.478. The molecule has 2 heterocycles. The summed E-state index contributed by atoms with van der Waals surface area (Å²) in [5.41, 5.74) is 2.76. The summed E-state index contributed by atoms with van der Waals surface area (Å²) in [6.07, 6.45) is 0.903. The van der Waals surface area contributed by atoms with Gasteiger partial charge >= 0.3 is 0 Å². The number of thioether (sulfide) groups is 1. The van der Waals surface area contributed by atoms with Crippen LogP contribution in [0.3, 0.4) is 0 Å². The fourth-order valence-electron chi connectivity index (χ4n) is 3.24. The van der Waals surface area contributed by atoms with Crippen molar-refractivity contribution in [1.82, 2.24) is 19.7 Å². The molecule has 0 N–H and O–H groups in total. The van der Waals surface area contributed by atoms with Crippen molar-refractivity contribution in [1.29, 1.82) is 0 Å². The highest BCUT2D eigenvalue weighted by atomic mass is 32.2. The highest BCUT2D eigenvalue weighted by Gasteiger charge is 2.20. The minimum atomic E-state index is -0.148. The summed E-state index contributed by atoms with van der Waals surface area (Å²) in [4.78, 5) is 17.9. The van der Waals surface area contributed by atoms with Crippen LogP contribution in [0.1, 0.15) is 43.9 Å². The highest BCUT2D eigenvalue weighted by Crippen LogP contribution is 2.34. The second-order valence-corrected chi connectivity index (χ2v) is 9.43. The zero-order chi connectivity index (χ0) is 22.0. The van der Waals surface area contributed by atoms with E-state index >= 15 is 0 Å². The van der Waals surface area contributed by atoms with Crippen LogP contribution in [-0.2, 0) is 6.54 Å². The van der Waals surface area contributed by atoms with Crippen LogP contribution in [0.4, 0.5) is 0 Å². The van der Waals surface area contributed by atoms with E-state index in [2.05, 4.69) is 24.0 Å². The number of rotatable bonds is 7. The lowest BCUT2D eigenvalue weighted by Gasteiger charge is -2.15.